The van der Waals surface area contributed by atoms with Crippen LogP contribution in [0.2, 0.25) is 0 Å². The molecule has 1 aromatic carbocycles. The Kier molecular flexibility index (Phi) is 8.83. The van der Waals surface area contributed by atoms with Crippen LogP contribution in [0.3, 0.4) is 0 Å². The summed E-state index contributed by atoms with van der Waals surface area (Å²) in [5.74, 6) is -0.243. The number of alkyl halides is 3. The number of hydrogen-bond donors (Lipinski definition) is 2. The molecule has 0 saturated heterocycles. The fraction of sp³-hybridized carbons (Fsp3) is 0.556. The second-order valence-corrected chi connectivity index (χ2v) is 6.56. The molecule has 1 fully saturated rings. The van der Waals surface area contributed by atoms with Crippen molar-refractivity contribution in [2.75, 3.05) is 33.2 Å². The number of likely N-dealkylation sites (N-methyl/N-ethyl adjacent to an activating group) is 1. The topological polar surface area (TPSA) is 56.7 Å². The summed E-state index contributed by atoms with van der Waals surface area (Å²) in [6.07, 6.45) is -2.28. The third-order valence-corrected chi connectivity index (χ3v) is 4.39. The van der Waals surface area contributed by atoms with Crippen LogP contribution < -0.4 is 10.6 Å². The molecule has 0 atom stereocenters. The van der Waals surface area contributed by atoms with Crippen LogP contribution in [-0.4, -0.2) is 56.2 Å². The van der Waals surface area contributed by atoms with Gasteiger partial charge in [-0.05, 0) is 25.3 Å². The molecular weight excluding hydrogens is 472 g/mol. The van der Waals surface area contributed by atoms with Crippen LogP contribution in [0.5, 0.6) is 0 Å². The third kappa shape index (κ3) is 7.55. The molecule has 0 heterocycles. The zero-order chi connectivity index (χ0) is 19.2. The molecule has 0 spiro atoms. The number of guanidine groups is 1. The lowest BCUT2D eigenvalue weighted by molar-refractivity contribution is -0.157. The van der Waals surface area contributed by atoms with Gasteiger partial charge in [0.25, 0.3) is 0 Å². The third-order valence-electron chi connectivity index (χ3n) is 4.39. The summed E-state index contributed by atoms with van der Waals surface area (Å²) < 4.78 is 37.1. The van der Waals surface area contributed by atoms with Gasteiger partial charge in [0, 0.05) is 25.6 Å². The Balaban J connectivity index is 0.00000364. The van der Waals surface area contributed by atoms with E-state index in [1.165, 1.54) is 5.56 Å². The molecule has 27 heavy (non-hydrogen) atoms. The predicted molar refractivity (Wildman–Crippen MR) is 110 cm³/mol. The summed E-state index contributed by atoms with van der Waals surface area (Å²) in [4.78, 5) is 16.6. The number of nitrogens with one attached hydrogen (secondary N) is 2. The van der Waals surface area contributed by atoms with Gasteiger partial charge in [0.15, 0.2) is 5.96 Å². The SMILES string of the molecule is CCNC(=NCC(=O)N(C)CC(F)(F)F)NCC1(c2ccccc2)CC1.I. The minimum absolute atomic E-state index is 0. The first-order valence-electron chi connectivity index (χ1n) is 8.64. The summed E-state index contributed by atoms with van der Waals surface area (Å²) in [6.45, 7) is 1.54. The Morgan fingerprint density at radius 3 is 2.37 bits per heavy atom. The molecule has 0 aromatic heterocycles. The summed E-state index contributed by atoms with van der Waals surface area (Å²) in [6, 6.07) is 10.2. The fourth-order valence-corrected chi connectivity index (χ4v) is 2.73. The van der Waals surface area contributed by atoms with Gasteiger partial charge in [-0.1, -0.05) is 30.3 Å². The van der Waals surface area contributed by atoms with E-state index < -0.39 is 18.6 Å². The van der Waals surface area contributed by atoms with Crippen LogP contribution in [0.15, 0.2) is 35.3 Å². The van der Waals surface area contributed by atoms with Gasteiger partial charge in [0.1, 0.15) is 13.1 Å². The molecule has 1 aromatic rings. The highest BCUT2D eigenvalue weighted by atomic mass is 127. The number of benzene rings is 1. The van der Waals surface area contributed by atoms with Crippen molar-refractivity contribution in [3.63, 3.8) is 0 Å². The lowest BCUT2D eigenvalue weighted by atomic mass is 9.96. The molecule has 1 aliphatic carbocycles. The lowest BCUT2D eigenvalue weighted by Crippen LogP contribution is -2.42. The zero-order valence-corrected chi connectivity index (χ0v) is 17.8. The van der Waals surface area contributed by atoms with E-state index in [1.54, 1.807) is 0 Å². The summed E-state index contributed by atoms with van der Waals surface area (Å²) >= 11 is 0. The minimum Gasteiger partial charge on any atom is -0.357 e. The molecule has 5 nitrogen and oxygen atoms in total. The quantitative estimate of drug-likeness (QED) is 0.346. The van der Waals surface area contributed by atoms with E-state index in [0.29, 0.717) is 23.9 Å². The molecule has 0 aliphatic heterocycles. The molecule has 2 N–H and O–H groups in total. The van der Waals surface area contributed by atoms with Crippen molar-refractivity contribution in [2.24, 2.45) is 4.99 Å². The Hall–Kier alpha value is -1.52. The smallest absolute Gasteiger partial charge is 0.357 e. The number of halogens is 4. The molecule has 0 bridgehead atoms. The van der Waals surface area contributed by atoms with Gasteiger partial charge < -0.3 is 15.5 Å². The van der Waals surface area contributed by atoms with E-state index in [-0.39, 0.29) is 35.9 Å². The number of amides is 1. The molecule has 2 rings (SSSR count). The number of nitrogens with zero attached hydrogens (tertiary/aromatic N) is 2. The van der Waals surface area contributed by atoms with Crippen LogP contribution in [-0.2, 0) is 10.2 Å². The number of carbonyl (C=O) groups excluding carboxylic acids is 1. The highest BCUT2D eigenvalue weighted by molar-refractivity contribution is 14.0. The lowest BCUT2D eigenvalue weighted by Gasteiger charge is -2.20. The van der Waals surface area contributed by atoms with E-state index in [4.69, 9.17) is 0 Å². The van der Waals surface area contributed by atoms with Gasteiger partial charge in [-0.25, -0.2) is 4.99 Å². The van der Waals surface area contributed by atoms with E-state index in [2.05, 4.69) is 27.8 Å². The van der Waals surface area contributed by atoms with Crippen LogP contribution in [0.1, 0.15) is 25.3 Å². The highest BCUT2D eigenvalue weighted by Gasteiger charge is 2.44. The van der Waals surface area contributed by atoms with E-state index in [9.17, 15) is 18.0 Å². The molecule has 9 heteroatoms. The van der Waals surface area contributed by atoms with Crippen molar-refractivity contribution in [3.8, 4) is 0 Å². The first kappa shape index (κ1) is 23.5. The molecule has 0 unspecified atom stereocenters. The second kappa shape index (κ2) is 10.1. The van der Waals surface area contributed by atoms with E-state index in [0.717, 1.165) is 19.9 Å². The maximum Gasteiger partial charge on any atom is 0.406 e. The number of hydrogen-bond acceptors (Lipinski definition) is 2. The first-order valence-corrected chi connectivity index (χ1v) is 8.64. The van der Waals surface area contributed by atoms with Crippen molar-refractivity contribution in [1.29, 1.82) is 0 Å². The van der Waals surface area contributed by atoms with Crippen LogP contribution in [0.25, 0.3) is 0 Å². The average molecular weight is 498 g/mol. The van der Waals surface area contributed by atoms with Crippen LogP contribution in [0.4, 0.5) is 13.2 Å². The summed E-state index contributed by atoms with van der Waals surface area (Å²) in [5.41, 5.74) is 1.32. The number of carbonyl (C=O) groups is 1. The Morgan fingerprint density at radius 2 is 1.85 bits per heavy atom. The Bertz CT molecular complexity index is 633. The minimum atomic E-state index is -4.41. The highest BCUT2D eigenvalue weighted by Crippen LogP contribution is 2.47. The van der Waals surface area contributed by atoms with Crippen molar-refractivity contribution in [3.05, 3.63) is 35.9 Å². The molecular formula is C18H26F3IN4O. The zero-order valence-electron chi connectivity index (χ0n) is 15.5. The van der Waals surface area contributed by atoms with Crippen LogP contribution in [0, 0.1) is 0 Å². The summed E-state index contributed by atoms with van der Waals surface area (Å²) in [5, 5.41) is 6.23. The first-order chi connectivity index (χ1) is 12.3. The largest absolute Gasteiger partial charge is 0.406 e. The standard InChI is InChI=1S/C18H25F3N4O.HI/c1-3-22-16(23-11-15(26)25(2)13-18(19,20)21)24-12-17(9-10-17)14-7-5-4-6-8-14;/h4-8H,3,9-13H2,1-2H3,(H2,22,23,24);1H. The summed E-state index contributed by atoms with van der Waals surface area (Å²) in [7, 11) is 1.13. The van der Waals surface area contributed by atoms with Gasteiger partial charge in [0.2, 0.25) is 5.91 Å². The van der Waals surface area contributed by atoms with E-state index in [1.807, 2.05) is 25.1 Å². The fourth-order valence-electron chi connectivity index (χ4n) is 2.73. The van der Waals surface area contributed by atoms with Gasteiger partial charge in [-0.15, -0.1) is 24.0 Å². The van der Waals surface area contributed by atoms with Crippen LogP contribution >= 0.6 is 24.0 Å². The van der Waals surface area contributed by atoms with Gasteiger partial charge in [-0.3, -0.25) is 4.79 Å². The molecule has 1 saturated carbocycles. The second-order valence-electron chi connectivity index (χ2n) is 6.56. The number of aliphatic imine (C=N–C) groups is 1. The maximum absolute atomic E-state index is 12.4. The van der Waals surface area contributed by atoms with Gasteiger partial charge in [-0.2, -0.15) is 13.2 Å². The van der Waals surface area contributed by atoms with Gasteiger partial charge >= 0.3 is 6.18 Å². The maximum atomic E-state index is 12.4. The van der Waals surface area contributed by atoms with Crippen molar-refractivity contribution in [1.82, 2.24) is 15.5 Å². The van der Waals surface area contributed by atoms with Crippen molar-refractivity contribution >= 4 is 35.8 Å². The Labute approximate surface area is 174 Å². The van der Waals surface area contributed by atoms with Crippen molar-refractivity contribution in [2.45, 2.75) is 31.4 Å². The normalized spacial score (nSPS) is 15.5. The Morgan fingerprint density at radius 1 is 1.22 bits per heavy atom. The average Bonchev–Trinajstić information content (AvgIpc) is 3.37. The molecule has 1 aliphatic rings. The van der Waals surface area contributed by atoms with Crippen molar-refractivity contribution < 1.29 is 18.0 Å². The number of rotatable bonds is 7. The molecule has 0 radical (unpaired) electrons. The molecule has 152 valence electrons. The monoisotopic (exact) mass is 498 g/mol. The molecule has 1 amide bonds. The predicted octanol–water partition coefficient (Wildman–Crippen LogP) is 2.91. The van der Waals surface area contributed by atoms with E-state index >= 15 is 0 Å². The van der Waals surface area contributed by atoms with Gasteiger partial charge in [0.05, 0.1) is 0 Å².